The average molecular weight is 182 g/mol. The van der Waals surface area contributed by atoms with Crippen LogP contribution >= 0.6 is 0 Å². The van der Waals surface area contributed by atoms with Crippen LogP contribution < -0.4 is 4.74 Å². The lowest BCUT2D eigenvalue weighted by Crippen LogP contribution is -1.94. The first-order valence-corrected chi connectivity index (χ1v) is 4.50. The second kappa shape index (κ2) is 4.47. The third kappa shape index (κ3) is 2.36. The highest BCUT2D eigenvalue weighted by Crippen LogP contribution is 2.09. The molecule has 0 saturated heterocycles. The number of ether oxygens (including phenoxy) is 1. The highest BCUT2D eigenvalue weighted by atomic mass is 16.5. The zero-order valence-corrected chi connectivity index (χ0v) is 7.73. The Hall–Kier alpha value is -1.76. The van der Waals surface area contributed by atoms with Gasteiger partial charge in [-0.15, -0.1) is 0 Å². The van der Waals surface area contributed by atoms with Crippen LogP contribution in [0.4, 0.5) is 0 Å². The standard InChI is InChI=1S/C13H10O/c1-3-7-12(8-4-1)11-14-13-9-5-2-6-10-13/h1-5,7-8,10H,11H2. The lowest BCUT2D eigenvalue weighted by Gasteiger charge is -2.04. The van der Waals surface area contributed by atoms with Gasteiger partial charge >= 0.3 is 0 Å². The van der Waals surface area contributed by atoms with E-state index >= 15 is 0 Å². The molecule has 0 aliphatic heterocycles. The molecule has 0 aromatic heterocycles. The Kier molecular flexibility index (Phi) is 2.82. The fraction of sp³-hybridized carbons (Fsp3) is 0.0769. The zero-order chi connectivity index (χ0) is 9.64. The van der Waals surface area contributed by atoms with Gasteiger partial charge in [-0.2, -0.15) is 0 Å². The lowest BCUT2D eigenvalue weighted by molar-refractivity contribution is 0.305. The van der Waals surface area contributed by atoms with Gasteiger partial charge in [0.15, 0.2) is 0 Å². The summed E-state index contributed by atoms with van der Waals surface area (Å²) in [5, 5.41) is 0. The van der Waals surface area contributed by atoms with E-state index in [2.05, 4.69) is 12.1 Å². The highest BCUT2D eigenvalue weighted by molar-refractivity contribution is 5.20. The third-order valence-corrected chi connectivity index (χ3v) is 1.86. The van der Waals surface area contributed by atoms with Crippen LogP contribution in [0.2, 0.25) is 0 Å². The molecule has 2 radical (unpaired) electrons. The van der Waals surface area contributed by atoms with Gasteiger partial charge in [-0.25, -0.2) is 0 Å². The minimum Gasteiger partial charge on any atom is -0.488 e. The van der Waals surface area contributed by atoms with Gasteiger partial charge in [-0.3, -0.25) is 0 Å². The third-order valence-electron chi connectivity index (χ3n) is 1.86. The Morgan fingerprint density at radius 3 is 2.64 bits per heavy atom. The molecule has 0 atom stereocenters. The van der Waals surface area contributed by atoms with Crippen LogP contribution in [0.3, 0.4) is 0 Å². The van der Waals surface area contributed by atoms with Crippen LogP contribution in [-0.2, 0) is 6.61 Å². The summed E-state index contributed by atoms with van der Waals surface area (Å²) in [5.74, 6) is 0.733. The van der Waals surface area contributed by atoms with E-state index in [1.165, 1.54) is 0 Å². The van der Waals surface area contributed by atoms with Gasteiger partial charge in [-0.1, -0.05) is 36.4 Å². The van der Waals surface area contributed by atoms with Crippen LogP contribution in [0.15, 0.2) is 48.5 Å². The fourth-order valence-electron chi connectivity index (χ4n) is 1.16. The minimum absolute atomic E-state index is 0.579. The first-order chi connectivity index (χ1) is 6.95. The lowest BCUT2D eigenvalue weighted by atomic mass is 10.2. The van der Waals surface area contributed by atoms with Gasteiger partial charge in [0, 0.05) is 6.07 Å². The molecule has 0 unspecified atom stereocenters. The molecule has 0 bridgehead atoms. The Bertz CT molecular complexity index is 327. The molecular formula is C13H10O. The van der Waals surface area contributed by atoms with Gasteiger partial charge in [0.25, 0.3) is 0 Å². The highest BCUT2D eigenvalue weighted by Gasteiger charge is 1.93. The molecule has 14 heavy (non-hydrogen) atoms. The van der Waals surface area contributed by atoms with E-state index in [0.717, 1.165) is 11.3 Å². The number of benzene rings is 2. The Morgan fingerprint density at radius 1 is 1.07 bits per heavy atom. The van der Waals surface area contributed by atoms with E-state index in [0.29, 0.717) is 6.61 Å². The smallest absolute Gasteiger partial charge is 0.128 e. The number of rotatable bonds is 3. The van der Waals surface area contributed by atoms with Crippen molar-refractivity contribution in [1.29, 1.82) is 0 Å². The predicted octanol–water partition coefficient (Wildman–Crippen LogP) is 2.87. The van der Waals surface area contributed by atoms with Gasteiger partial charge in [0.05, 0.1) is 0 Å². The Labute approximate surface area is 84.0 Å². The molecule has 1 heteroatoms. The molecule has 2 rings (SSSR count). The maximum atomic E-state index is 5.51. The molecule has 0 amide bonds. The Balaban J connectivity index is 1.96. The van der Waals surface area contributed by atoms with Gasteiger partial charge in [0.1, 0.15) is 12.4 Å². The fourth-order valence-corrected chi connectivity index (χ4v) is 1.16. The normalized spacial score (nSPS) is 9.71. The van der Waals surface area contributed by atoms with Crippen molar-refractivity contribution in [2.75, 3.05) is 0 Å². The summed E-state index contributed by atoms with van der Waals surface area (Å²) >= 11 is 0. The second-order valence-corrected chi connectivity index (χ2v) is 2.93. The van der Waals surface area contributed by atoms with E-state index in [1.54, 1.807) is 18.2 Å². The van der Waals surface area contributed by atoms with Gasteiger partial charge in [-0.05, 0) is 23.8 Å². The molecule has 2 aromatic rings. The molecule has 0 aliphatic rings. The molecule has 2 aromatic carbocycles. The number of hydrogen-bond donors (Lipinski definition) is 0. The van der Waals surface area contributed by atoms with Crippen molar-refractivity contribution < 1.29 is 4.74 Å². The molecule has 1 nitrogen and oxygen atoms in total. The maximum absolute atomic E-state index is 5.51. The summed E-state index contributed by atoms with van der Waals surface area (Å²) in [6, 6.07) is 21.4. The largest absolute Gasteiger partial charge is 0.488 e. The zero-order valence-electron chi connectivity index (χ0n) is 7.73. The summed E-state index contributed by atoms with van der Waals surface area (Å²) in [7, 11) is 0. The van der Waals surface area contributed by atoms with Crippen molar-refractivity contribution in [2.24, 2.45) is 0 Å². The predicted molar refractivity (Wildman–Crippen MR) is 54.9 cm³/mol. The summed E-state index contributed by atoms with van der Waals surface area (Å²) in [4.78, 5) is 0. The first-order valence-electron chi connectivity index (χ1n) is 4.50. The van der Waals surface area contributed by atoms with E-state index in [1.807, 2.05) is 30.3 Å². The maximum Gasteiger partial charge on any atom is 0.128 e. The molecule has 0 heterocycles. The summed E-state index contributed by atoms with van der Waals surface area (Å²) in [6.45, 7) is 0.579. The topological polar surface area (TPSA) is 9.23 Å². The molecule has 0 fully saturated rings. The summed E-state index contributed by atoms with van der Waals surface area (Å²) < 4.78 is 5.51. The van der Waals surface area contributed by atoms with E-state index in [-0.39, 0.29) is 0 Å². The van der Waals surface area contributed by atoms with Crippen LogP contribution in [0.5, 0.6) is 5.75 Å². The first kappa shape index (κ1) is 8.82. The monoisotopic (exact) mass is 182 g/mol. The molecule has 68 valence electrons. The van der Waals surface area contributed by atoms with Crippen molar-refractivity contribution in [2.45, 2.75) is 6.61 Å². The molecular weight excluding hydrogens is 172 g/mol. The van der Waals surface area contributed by atoms with E-state index in [9.17, 15) is 0 Å². The Morgan fingerprint density at radius 2 is 1.93 bits per heavy atom. The second-order valence-electron chi connectivity index (χ2n) is 2.93. The molecule has 0 spiro atoms. The molecule has 0 aliphatic carbocycles. The van der Waals surface area contributed by atoms with E-state index in [4.69, 9.17) is 4.74 Å². The number of hydrogen-bond acceptors (Lipinski definition) is 1. The molecule has 0 saturated carbocycles. The van der Waals surface area contributed by atoms with Crippen molar-refractivity contribution in [1.82, 2.24) is 0 Å². The SMILES string of the molecule is [c]1cc[c]c(OCc2ccccc2)c1. The van der Waals surface area contributed by atoms with Crippen LogP contribution in [-0.4, -0.2) is 0 Å². The van der Waals surface area contributed by atoms with Crippen LogP contribution in [0.1, 0.15) is 5.56 Å². The van der Waals surface area contributed by atoms with Crippen molar-refractivity contribution in [3.05, 3.63) is 66.2 Å². The van der Waals surface area contributed by atoms with Crippen molar-refractivity contribution >= 4 is 0 Å². The quantitative estimate of drug-likeness (QED) is 0.709. The van der Waals surface area contributed by atoms with Crippen molar-refractivity contribution in [3.8, 4) is 5.75 Å². The average Bonchev–Trinajstić information content (AvgIpc) is 2.29. The minimum atomic E-state index is 0.579. The molecule has 0 N–H and O–H groups in total. The summed E-state index contributed by atoms with van der Waals surface area (Å²) in [5.41, 5.74) is 1.16. The van der Waals surface area contributed by atoms with Crippen LogP contribution in [0.25, 0.3) is 0 Å². The van der Waals surface area contributed by atoms with Crippen LogP contribution in [0, 0.1) is 12.1 Å². The van der Waals surface area contributed by atoms with Gasteiger partial charge < -0.3 is 4.74 Å². The van der Waals surface area contributed by atoms with Crippen molar-refractivity contribution in [3.63, 3.8) is 0 Å². The van der Waals surface area contributed by atoms with E-state index < -0.39 is 0 Å². The van der Waals surface area contributed by atoms with Gasteiger partial charge in [0.2, 0.25) is 0 Å². The summed E-state index contributed by atoms with van der Waals surface area (Å²) in [6.07, 6.45) is 0.